The van der Waals surface area contributed by atoms with Crippen LogP contribution >= 0.6 is 0 Å². The number of hydrogen-bond donors (Lipinski definition) is 1. The molecule has 0 saturated carbocycles. The van der Waals surface area contributed by atoms with Crippen LogP contribution in [0.3, 0.4) is 0 Å². The van der Waals surface area contributed by atoms with Crippen molar-refractivity contribution in [2.45, 2.75) is 6.42 Å². The third kappa shape index (κ3) is 2.86. The molecule has 1 N–H and O–H groups in total. The van der Waals surface area contributed by atoms with Crippen LogP contribution in [0.5, 0.6) is 0 Å². The summed E-state index contributed by atoms with van der Waals surface area (Å²) in [5.41, 5.74) is 1.60. The summed E-state index contributed by atoms with van der Waals surface area (Å²) < 4.78 is 13.0. The van der Waals surface area contributed by atoms with E-state index in [0.717, 1.165) is 17.1 Å². The number of rotatable bonds is 3. The zero-order chi connectivity index (χ0) is 14.8. The predicted molar refractivity (Wildman–Crippen MR) is 77.6 cm³/mol. The highest BCUT2D eigenvalue weighted by atomic mass is 19.1. The molecule has 5 heteroatoms. The normalized spacial score (nSPS) is 18.0. The standard InChI is InChI=1S/C16H15FN2O2/c17-13-6-4-11(5-7-13)14-2-1-3-15(18-14)19-9-8-12(10-19)16(20)21/h1-7,12H,8-10H2,(H,20,21). The molecule has 1 aliphatic rings. The van der Waals surface area contributed by atoms with Crippen LogP contribution in [-0.4, -0.2) is 29.1 Å². The molecule has 0 spiro atoms. The van der Waals surface area contributed by atoms with E-state index in [2.05, 4.69) is 4.98 Å². The second-order valence-electron chi connectivity index (χ2n) is 5.16. The van der Waals surface area contributed by atoms with Crippen molar-refractivity contribution in [3.63, 3.8) is 0 Å². The fourth-order valence-electron chi connectivity index (χ4n) is 2.55. The Morgan fingerprint density at radius 1 is 1.24 bits per heavy atom. The van der Waals surface area contributed by atoms with Crippen LogP contribution in [-0.2, 0) is 4.79 Å². The van der Waals surface area contributed by atoms with Gasteiger partial charge in [0.15, 0.2) is 0 Å². The van der Waals surface area contributed by atoms with Crippen molar-refractivity contribution in [3.05, 3.63) is 48.3 Å². The first-order valence-electron chi connectivity index (χ1n) is 6.84. The van der Waals surface area contributed by atoms with Crippen LogP contribution in [0.15, 0.2) is 42.5 Å². The van der Waals surface area contributed by atoms with Crippen molar-refractivity contribution in [2.24, 2.45) is 5.92 Å². The minimum atomic E-state index is -0.757. The lowest BCUT2D eigenvalue weighted by Crippen LogP contribution is -2.23. The maximum absolute atomic E-state index is 13.0. The highest BCUT2D eigenvalue weighted by Crippen LogP contribution is 2.25. The lowest BCUT2D eigenvalue weighted by atomic mass is 10.1. The van der Waals surface area contributed by atoms with Gasteiger partial charge in [0, 0.05) is 18.7 Å². The summed E-state index contributed by atoms with van der Waals surface area (Å²) in [7, 11) is 0. The minimum absolute atomic E-state index is 0.279. The van der Waals surface area contributed by atoms with Gasteiger partial charge in [-0.05, 0) is 42.8 Å². The summed E-state index contributed by atoms with van der Waals surface area (Å²) in [6, 6.07) is 11.8. The molecule has 4 nitrogen and oxygen atoms in total. The Labute approximate surface area is 121 Å². The van der Waals surface area contributed by atoms with Gasteiger partial charge in [-0.25, -0.2) is 9.37 Å². The van der Waals surface area contributed by atoms with Crippen molar-refractivity contribution in [2.75, 3.05) is 18.0 Å². The van der Waals surface area contributed by atoms with Gasteiger partial charge in [-0.15, -0.1) is 0 Å². The number of nitrogens with zero attached hydrogens (tertiary/aromatic N) is 2. The van der Waals surface area contributed by atoms with Crippen molar-refractivity contribution in [1.82, 2.24) is 4.98 Å². The quantitative estimate of drug-likeness (QED) is 0.942. The van der Waals surface area contributed by atoms with E-state index in [0.29, 0.717) is 19.5 Å². The third-order valence-electron chi connectivity index (χ3n) is 3.74. The molecule has 1 aromatic heterocycles. The van der Waals surface area contributed by atoms with E-state index in [-0.39, 0.29) is 11.7 Å². The van der Waals surface area contributed by atoms with Gasteiger partial charge in [0.25, 0.3) is 0 Å². The minimum Gasteiger partial charge on any atom is -0.481 e. The van der Waals surface area contributed by atoms with E-state index < -0.39 is 5.97 Å². The molecular formula is C16H15FN2O2. The SMILES string of the molecule is O=C(O)C1CCN(c2cccc(-c3ccc(F)cc3)n2)C1. The molecule has 0 amide bonds. The molecule has 21 heavy (non-hydrogen) atoms. The Hall–Kier alpha value is -2.43. The van der Waals surface area contributed by atoms with Gasteiger partial charge in [-0.1, -0.05) is 6.07 Å². The van der Waals surface area contributed by atoms with Crippen LogP contribution in [0, 0.1) is 11.7 Å². The zero-order valence-corrected chi connectivity index (χ0v) is 11.4. The van der Waals surface area contributed by atoms with E-state index in [1.807, 2.05) is 23.1 Å². The van der Waals surface area contributed by atoms with Crippen LogP contribution in [0.25, 0.3) is 11.3 Å². The molecule has 0 bridgehead atoms. The van der Waals surface area contributed by atoms with Crippen LogP contribution in [0.4, 0.5) is 10.2 Å². The average molecular weight is 286 g/mol. The molecule has 2 aromatic rings. The second kappa shape index (κ2) is 5.52. The summed E-state index contributed by atoms with van der Waals surface area (Å²) in [4.78, 5) is 17.6. The first-order chi connectivity index (χ1) is 10.1. The Morgan fingerprint density at radius 2 is 2.00 bits per heavy atom. The molecule has 0 radical (unpaired) electrons. The maximum atomic E-state index is 13.0. The van der Waals surface area contributed by atoms with Gasteiger partial charge in [-0.3, -0.25) is 4.79 Å². The first kappa shape index (κ1) is 13.5. The number of carboxylic acid groups (broad SMARTS) is 1. The van der Waals surface area contributed by atoms with E-state index in [1.54, 1.807) is 12.1 Å². The summed E-state index contributed by atoms with van der Waals surface area (Å²) >= 11 is 0. The van der Waals surface area contributed by atoms with Crippen LogP contribution in [0.1, 0.15) is 6.42 Å². The molecule has 108 valence electrons. The largest absolute Gasteiger partial charge is 0.481 e. The van der Waals surface area contributed by atoms with Gasteiger partial charge in [0.1, 0.15) is 11.6 Å². The van der Waals surface area contributed by atoms with Gasteiger partial charge in [0.2, 0.25) is 0 Å². The smallest absolute Gasteiger partial charge is 0.308 e. The molecule has 0 aliphatic carbocycles. The number of carbonyl (C=O) groups is 1. The van der Waals surface area contributed by atoms with Gasteiger partial charge in [0.05, 0.1) is 11.6 Å². The second-order valence-corrected chi connectivity index (χ2v) is 5.16. The first-order valence-corrected chi connectivity index (χ1v) is 6.84. The molecule has 1 atom stereocenters. The number of benzene rings is 1. The van der Waals surface area contributed by atoms with Crippen LogP contribution < -0.4 is 4.90 Å². The Bertz CT molecular complexity index is 658. The van der Waals surface area contributed by atoms with E-state index in [4.69, 9.17) is 5.11 Å². The molecule has 1 aliphatic heterocycles. The molecule has 1 aromatic carbocycles. The molecule has 1 fully saturated rings. The number of halogens is 1. The number of aromatic nitrogens is 1. The lowest BCUT2D eigenvalue weighted by molar-refractivity contribution is -0.140. The molecule has 3 rings (SSSR count). The molecule has 2 heterocycles. The Kier molecular flexibility index (Phi) is 3.56. The fraction of sp³-hybridized carbons (Fsp3) is 0.250. The summed E-state index contributed by atoms with van der Waals surface area (Å²) in [5.74, 6) is -0.604. The maximum Gasteiger partial charge on any atom is 0.308 e. The van der Waals surface area contributed by atoms with E-state index in [9.17, 15) is 9.18 Å². The average Bonchev–Trinajstić information content (AvgIpc) is 2.98. The van der Waals surface area contributed by atoms with Crippen LogP contribution in [0.2, 0.25) is 0 Å². The monoisotopic (exact) mass is 286 g/mol. The van der Waals surface area contributed by atoms with Crippen molar-refractivity contribution < 1.29 is 14.3 Å². The zero-order valence-electron chi connectivity index (χ0n) is 11.4. The Balaban J connectivity index is 1.84. The number of carboxylic acids is 1. The van der Waals surface area contributed by atoms with Gasteiger partial charge in [-0.2, -0.15) is 0 Å². The number of anilines is 1. The molecular weight excluding hydrogens is 271 g/mol. The highest BCUT2D eigenvalue weighted by molar-refractivity contribution is 5.72. The van der Waals surface area contributed by atoms with E-state index >= 15 is 0 Å². The van der Waals surface area contributed by atoms with Gasteiger partial charge >= 0.3 is 5.97 Å². The number of pyridine rings is 1. The van der Waals surface area contributed by atoms with Crippen molar-refractivity contribution in [3.8, 4) is 11.3 Å². The Morgan fingerprint density at radius 3 is 2.67 bits per heavy atom. The summed E-state index contributed by atoms with van der Waals surface area (Å²) in [5, 5.41) is 9.05. The van der Waals surface area contributed by atoms with Crippen molar-refractivity contribution in [1.29, 1.82) is 0 Å². The predicted octanol–water partition coefficient (Wildman–Crippen LogP) is 2.80. The molecule has 1 unspecified atom stereocenters. The third-order valence-corrected chi connectivity index (χ3v) is 3.74. The highest BCUT2D eigenvalue weighted by Gasteiger charge is 2.28. The topological polar surface area (TPSA) is 53.4 Å². The fourth-order valence-corrected chi connectivity index (χ4v) is 2.55. The summed E-state index contributed by atoms with van der Waals surface area (Å²) in [6.07, 6.45) is 0.637. The molecule has 1 saturated heterocycles. The lowest BCUT2D eigenvalue weighted by Gasteiger charge is -2.17. The van der Waals surface area contributed by atoms with Crippen molar-refractivity contribution >= 4 is 11.8 Å². The van der Waals surface area contributed by atoms with E-state index in [1.165, 1.54) is 12.1 Å². The number of aliphatic carboxylic acids is 1. The van der Waals surface area contributed by atoms with Gasteiger partial charge < -0.3 is 10.0 Å². The number of hydrogen-bond acceptors (Lipinski definition) is 3. The summed E-state index contributed by atoms with van der Waals surface area (Å²) in [6.45, 7) is 1.17.